The average molecular weight is 290 g/mol. The number of halogens is 2. The lowest BCUT2D eigenvalue weighted by Crippen LogP contribution is -2.22. The number of nitrogens with one attached hydrogen (secondary N) is 1. The normalized spacial score (nSPS) is 13.7. The molecule has 0 aromatic heterocycles. The molecule has 1 atom stereocenters. The Balaban J connectivity index is 2.83. The molecule has 4 heteroatoms. The summed E-state index contributed by atoms with van der Waals surface area (Å²) < 4.78 is 17.4. The average Bonchev–Trinajstić information content (AvgIpc) is 2.24. The third-order valence-electron chi connectivity index (χ3n) is 2.42. The second-order valence-corrected chi connectivity index (χ2v) is 7.44. The summed E-state index contributed by atoms with van der Waals surface area (Å²) in [5.41, 5.74) is 0.693. The fourth-order valence-corrected chi connectivity index (χ4v) is 2.50. The summed E-state index contributed by atoms with van der Waals surface area (Å²) in [6, 6.07) is 4.92. The van der Waals surface area contributed by atoms with Crippen LogP contribution >= 0.6 is 23.5 Å². The Kier molecular flexibility index (Phi) is 5.96. The molecule has 0 aliphatic rings. The molecule has 0 aliphatic carbocycles. The zero-order valence-electron chi connectivity index (χ0n) is 11.4. The lowest BCUT2D eigenvalue weighted by atomic mass is 10.0. The quantitative estimate of drug-likeness (QED) is 0.733. The molecule has 18 heavy (non-hydrogen) atoms. The molecule has 0 saturated heterocycles. The summed E-state index contributed by atoms with van der Waals surface area (Å²) in [5.74, 6) is -0.233. The Morgan fingerprint density at radius 1 is 1.39 bits per heavy atom. The van der Waals surface area contributed by atoms with Crippen LogP contribution in [0.1, 0.15) is 52.1 Å². The molecule has 0 aliphatic heterocycles. The number of hydrogen-bond donors (Lipinski definition) is 1. The van der Waals surface area contributed by atoms with Crippen LogP contribution in [0.2, 0.25) is 5.02 Å². The molecule has 0 saturated carbocycles. The number of hydrogen-bond acceptors (Lipinski definition) is 2. The second-order valence-electron chi connectivity index (χ2n) is 5.34. The third kappa shape index (κ3) is 5.17. The molecular formula is C14H21ClFNS. The summed E-state index contributed by atoms with van der Waals surface area (Å²) >= 11 is 7.42. The van der Waals surface area contributed by atoms with Crippen LogP contribution in [0.5, 0.6) is 0 Å². The van der Waals surface area contributed by atoms with Crippen molar-refractivity contribution in [2.45, 2.75) is 51.3 Å². The van der Waals surface area contributed by atoms with E-state index in [9.17, 15) is 4.39 Å². The monoisotopic (exact) mass is 289 g/mol. The van der Waals surface area contributed by atoms with E-state index in [0.717, 1.165) is 12.8 Å². The van der Waals surface area contributed by atoms with E-state index in [-0.39, 0.29) is 16.6 Å². The number of benzene rings is 1. The van der Waals surface area contributed by atoms with Gasteiger partial charge in [0.15, 0.2) is 0 Å². The minimum atomic E-state index is -0.233. The predicted octanol–water partition coefficient (Wildman–Crippen LogP) is 5.36. The van der Waals surface area contributed by atoms with E-state index in [1.165, 1.54) is 6.07 Å². The zero-order valence-corrected chi connectivity index (χ0v) is 13.0. The third-order valence-corrected chi connectivity index (χ3v) is 3.67. The van der Waals surface area contributed by atoms with Gasteiger partial charge in [-0.15, -0.1) is 0 Å². The molecule has 1 unspecified atom stereocenters. The highest BCUT2D eigenvalue weighted by Crippen LogP contribution is 2.29. The lowest BCUT2D eigenvalue weighted by Gasteiger charge is -2.24. The summed E-state index contributed by atoms with van der Waals surface area (Å²) in [5, 5.41) is 0.440. The Labute approximate surface area is 119 Å². The van der Waals surface area contributed by atoms with E-state index < -0.39 is 0 Å². The van der Waals surface area contributed by atoms with E-state index in [1.54, 1.807) is 24.1 Å². The molecule has 0 radical (unpaired) electrons. The van der Waals surface area contributed by atoms with Gasteiger partial charge in [-0.25, -0.2) is 4.39 Å². The van der Waals surface area contributed by atoms with Gasteiger partial charge in [-0.3, -0.25) is 4.72 Å². The molecular weight excluding hydrogens is 269 g/mol. The van der Waals surface area contributed by atoms with Gasteiger partial charge in [0.2, 0.25) is 0 Å². The van der Waals surface area contributed by atoms with Crippen molar-refractivity contribution in [3.8, 4) is 0 Å². The molecule has 1 aromatic rings. The summed E-state index contributed by atoms with van der Waals surface area (Å²) in [4.78, 5) is 0. The van der Waals surface area contributed by atoms with E-state index >= 15 is 0 Å². The van der Waals surface area contributed by atoms with Crippen LogP contribution in [0.15, 0.2) is 18.2 Å². The highest BCUT2D eigenvalue weighted by atomic mass is 35.5. The van der Waals surface area contributed by atoms with Gasteiger partial charge in [-0.2, -0.15) is 0 Å². The van der Waals surface area contributed by atoms with Crippen molar-refractivity contribution in [2.75, 3.05) is 0 Å². The highest BCUT2D eigenvalue weighted by Gasteiger charge is 2.18. The molecule has 1 rings (SSSR count). The van der Waals surface area contributed by atoms with Crippen molar-refractivity contribution in [1.82, 2.24) is 4.72 Å². The van der Waals surface area contributed by atoms with Crippen molar-refractivity contribution in [3.05, 3.63) is 34.6 Å². The SMILES string of the molecule is CCCC(NSC(C)(C)C)c1ccc(Cl)cc1F. The Morgan fingerprint density at radius 2 is 2.06 bits per heavy atom. The van der Waals surface area contributed by atoms with Crippen molar-refractivity contribution in [3.63, 3.8) is 0 Å². The van der Waals surface area contributed by atoms with Crippen LogP contribution in [0, 0.1) is 5.82 Å². The van der Waals surface area contributed by atoms with Crippen LogP contribution < -0.4 is 4.72 Å². The van der Waals surface area contributed by atoms with E-state index in [1.807, 2.05) is 0 Å². The first-order chi connectivity index (χ1) is 8.33. The molecule has 1 aromatic carbocycles. The van der Waals surface area contributed by atoms with E-state index in [2.05, 4.69) is 32.4 Å². The van der Waals surface area contributed by atoms with Crippen molar-refractivity contribution in [1.29, 1.82) is 0 Å². The molecule has 1 N–H and O–H groups in total. The smallest absolute Gasteiger partial charge is 0.129 e. The van der Waals surface area contributed by atoms with E-state index in [0.29, 0.717) is 10.6 Å². The number of rotatable bonds is 5. The van der Waals surface area contributed by atoms with Crippen LogP contribution in [-0.2, 0) is 0 Å². The fourth-order valence-electron chi connectivity index (χ4n) is 1.60. The van der Waals surface area contributed by atoms with Gasteiger partial charge in [-0.05, 0) is 39.3 Å². The van der Waals surface area contributed by atoms with Gasteiger partial charge in [0, 0.05) is 21.4 Å². The summed E-state index contributed by atoms with van der Waals surface area (Å²) in [7, 11) is 0. The Bertz CT molecular complexity index is 390. The summed E-state index contributed by atoms with van der Waals surface area (Å²) in [6.07, 6.45) is 1.91. The zero-order chi connectivity index (χ0) is 13.8. The molecule has 102 valence electrons. The van der Waals surface area contributed by atoms with Crippen LogP contribution in [-0.4, -0.2) is 4.75 Å². The molecule has 1 nitrogen and oxygen atoms in total. The highest BCUT2D eigenvalue weighted by molar-refractivity contribution is 7.98. The van der Waals surface area contributed by atoms with Crippen molar-refractivity contribution < 1.29 is 4.39 Å². The standard InChI is InChI=1S/C14H21ClFNS/c1-5-6-13(17-18-14(2,3)4)11-8-7-10(15)9-12(11)16/h7-9,13,17H,5-6H2,1-4H3. The Hall–Kier alpha value is -0.250. The minimum absolute atomic E-state index is 0.0245. The van der Waals surface area contributed by atoms with Gasteiger partial charge >= 0.3 is 0 Å². The molecule has 0 spiro atoms. The van der Waals surface area contributed by atoms with Gasteiger partial charge in [0.25, 0.3) is 0 Å². The van der Waals surface area contributed by atoms with Crippen LogP contribution in [0.25, 0.3) is 0 Å². The first kappa shape index (κ1) is 15.8. The van der Waals surface area contributed by atoms with Crippen molar-refractivity contribution >= 4 is 23.5 Å². The predicted molar refractivity (Wildman–Crippen MR) is 79.5 cm³/mol. The fraction of sp³-hybridized carbons (Fsp3) is 0.571. The van der Waals surface area contributed by atoms with Crippen LogP contribution in [0.4, 0.5) is 4.39 Å². The van der Waals surface area contributed by atoms with Gasteiger partial charge in [0.05, 0.1) is 0 Å². The lowest BCUT2D eigenvalue weighted by molar-refractivity contribution is 0.539. The topological polar surface area (TPSA) is 12.0 Å². The maximum Gasteiger partial charge on any atom is 0.129 e. The van der Waals surface area contributed by atoms with Gasteiger partial charge in [0.1, 0.15) is 5.82 Å². The van der Waals surface area contributed by atoms with Crippen LogP contribution in [0.3, 0.4) is 0 Å². The van der Waals surface area contributed by atoms with Crippen molar-refractivity contribution in [2.24, 2.45) is 0 Å². The maximum atomic E-state index is 13.9. The molecule has 0 fully saturated rings. The molecule has 0 amide bonds. The largest absolute Gasteiger partial charge is 0.256 e. The van der Waals surface area contributed by atoms with Gasteiger partial charge in [-0.1, -0.05) is 43.0 Å². The first-order valence-electron chi connectivity index (χ1n) is 6.22. The molecule has 0 bridgehead atoms. The molecule has 0 heterocycles. The minimum Gasteiger partial charge on any atom is -0.256 e. The first-order valence-corrected chi connectivity index (χ1v) is 7.41. The second kappa shape index (κ2) is 6.78. The van der Waals surface area contributed by atoms with E-state index in [4.69, 9.17) is 11.6 Å². The Morgan fingerprint density at radius 3 is 2.56 bits per heavy atom. The summed E-state index contributed by atoms with van der Waals surface area (Å²) in [6.45, 7) is 8.49. The van der Waals surface area contributed by atoms with Gasteiger partial charge < -0.3 is 0 Å². The maximum absolute atomic E-state index is 13.9.